The van der Waals surface area contributed by atoms with Crippen LogP contribution in [0.5, 0.6) is 5.75 Å². The summed E-state index contributed by atoms with van der Waals surface area (Å²) in [4.78, 5) is 38.3. The van der Waals surface area contributed by atoms with Crippen LogP contribution in [0, 0.1) is 0 Å². The summed E-state index contributed by atoms with van der Waals surface area (Å²) in [5.41, 5.74) is 1.23. The second-order valence-electron chi connectivity index (χ2n) is 5.73. The number of rotatable bonds is 7. The van der Waals surface area contributed by atoms with Gasteiger partial charge in [-0.15, -0.1) is 0 Å². The van der Waals surface area contributed by atoms with E-state index in [9.17, 15) is 14.4 Å². The number of carbonyl (C=O) groups is 3. The molecule has 2 aromatic carbocycles. The van der Waals surface area contributed by atoms with Crippen molar-refractivity contribution in [1.82, 2.24) is 4.90 Å². The van der Waals surface area contributed by atoms with Gasteiger partial charge in [-0.25, -0.2) is 0 Å². The molecule has 0 aromatic heterocycles. The van der Waals surface area contributed by atoms with Gasteiger partial charge in [-0.3, -0.25) is 19.3 Å². The molecule has 0 saturated carbocycles. The number of ether oxygens (including phenoxy) is 1. The van der Waals surface area contributed by atoms with Gasteiger partial charge in [0.15, 0.2) is 5.78 Å². The Kier molecular flexibility index (Phi) is 5.88. The van der Waals surface area contributed by atoms with E-state index in [-0.39, 0.29) is 12.3 Å². The van der Waals surface area contributed by atoms with Crippen LogP contribution in [0.15, 0.2) is 72.2 Å². The number of hydrogen-bond donors (Lipinski definition) is 0. The van der Waals surface area contributed by atoms with Crippen molar-refractivity contribution in [3.05, 3.63) is 83.3 Å². The van der Waals surface area contributed by atoms with Crippen molar-refractivity contribution in [2.75, 3.05) is 13.2 Å². The third-order valence-electron chi connectivity index (χ3n) is 3.82. The molecular formula is C21H17NO4S. The Balaban J connectivity index is 1.70. The minimum absolute atomic E-state index is 0.264. The molecule has 1 fully saturated rings. The predicted octanol–water partition coefficient (Wildman–Crippen LogP) is 4.17. The number of amides is 2. The van der Waals surface area contributed by atoms with E-state index in [4.69, 9.17) is 4.74 Å². The number of Topliss-reactive ketones (excluding diaryl/α,β-unsaturated/α-hetero) is 1. The summed E-state index contributed by atoms with van der Waals surface area (Å²) in [7, 11) is 0. The van der Waals surface area contributed by atoms with Gasteiger partial charge in [-0.05, 0) is 35.5 Å². The zero-order valence-electron chi connectivity index (χ0n) is 14.5. The Morgan fingerprint density at radius 1 is 1.07 bits per heavy atom. The van der Waals surface area contributed by atoms with Gasteiger partial charge in [0.05, 0.1) is 11.4 Å². The smallest absolute Gasteiger partial charge is 0.293 e. The first kappa shape index (κ1) is 18.7. The number of imide groups is 1. The first-order valence-electron chi connectivity index (χ1n) is 8.26. The molecular weight excluding hydrogens is 362 g/mol. The number of hydrogen-bond acceptors (Lipinski definition) is 5. The first-order chi connectivity index (χ1) is 13.1. The molecule has 6 heteroatoms. The summed E-state index contributed by atoms with van der Waals surface area (Å²) in [5.74, 6) is -0.0438. The van der Waals surface area contributed by atoms with Crippen molar-refractivity contribution >= 4 is 34.8 Å². The highest BCUT2D eigenvalue weighted by Crippen LogP contribution is 2.32. The third-order valence-corrected chi connectivity index (χ3v) is 4.72. The van der Waals surface area contributed by atoms with Crippen molar-refractivity contribution in [2.24, 2.45) is 0 Å². The lowest BCUT2D eigenvalue weighted by molar-refractivity contribution is -0.122. The van der Waals surface area contributed by atoms with Crippen molar-refractivity contribution in [3.8, 4) is 5.75 Å². The number of ketones is 1. The van der Waals surface area contributed by atoms with Gasteiger partial charge in [0, 0.05) is 5.56 Å². The van der Waals surface area contributed by atoms with Crippen molar-refractivity contribution < 1.29 is 19.1 Å². The van der Waals surface area contributed by atoms with Crippen LogP contribution < -0.4 is 4.74 Å². The van der Waals surface area contributed by atoms with Gasteiger partial charge in [-0.1, -0.05) is 55.1 Å². The zero-order chi connectivity index (χ0) is 19.2. The van der Waals surface area contributed by atoms with E-state index < -0.39 is 11.1 Å². The number of carbonyl (C=O) groups excluding carboxylic acids is 3. The Hall–Kier alpha value is -3.12. The molecule has 1 heterocycles. The Labute approximate surface area is 161 Å². The average molecular weight is 379 g/mol. The number of benzene rings is 2. The maximum Gasteiger partial charge on any atom is 0.293 e. The molecule has 0 radical (unpaired) electrons. The fourth-order valence-electron chi connectivity index (χ4n) is 2.46. The molecule has 2 amide bonds. The van der Waals surface area contributed by atoms with Gasteiger partial charge >= 0.3 is 0 Å². The Bertz CT molecular complexity index is 904. The van der Waals surface area contributed by atoms with Crippen LogP contribution in [-0.4, -0.2) is 35.0 Å². The molecule has 0 spiro atoms. The van der Waals surface area contributed by atoms with E-state index in [0.717, 1.165) is 22.2 Å². The van der Waals surface area contributed by atoms with Gasteiger partial charge in [0.25, 0.3) is 11.1 Å². The van der Waals surface area contributed by atoms with Crippen LogP contribution in [0.2, 0.25) is 0 Å². The third kappa shape index (κ3) is 4.54. The van der Waals surface area contributed by atoms with E-state index in [1.807, 2.05) is 0 Å². The molecule has 0 bridgehead atoms. The summed E-state index contributed by atoms with van der Waals surface area (Å²) in [6.07, 6.45) is 3.29. The van der Waals surface area contributed by atoms with Crippen LogP contribution >= 0.6 is 11.8 Å². The van der Waals surface area contributed by atoms with E-state index in [1.165, 1.54) is 0 Å². The lowest BCUT2D eigenvalue weighted by atomic mass is 10.1. The maximum absolute atomic E-state index is 12.5. The molecule has 2 aromatic rings. The van der Waals surface area contributed by atoms with Crippen molar-refractivity contribution in [3.63, 3.8) is 0 Å². The molecule has 1 aliphatic rings. The topological polar surface area (TPSA) is 63.7 Å². The molecule has 1 saturated heterocycles. The summed E-state index contributed by atoms with van der Waals surface area (Å²) in [6, 6.07) is 15.7. The summed E-state index contributed by atoms with van der Waals surface area (Å²) < 4.78 is 5.41. The second kappa shape index (κ2) is 8.51. The molecule has 27 heavy (non-hydrogen) atoms. The van der Waals surface area contributed by atoms with Crippen LogP contribution in [-0.2, 0) is 4.79 Å². The maximum atomic E-state index is 12.5. The monoisotopic (exact) mass is 379 g/mol. The second-order valence-corrected chi connectivity index (χ2v) is 6.72. The largest absolute Gasteiger partial charge is 0.490 e. The predicted molar refractivity (Wildman–Crippen MR) is 106 cm³/mol. The van der Waals surface area contributed by atoms with E-state index in [1.54, 1.807) is 66.7 Å². The minimum atomic E-state index is -0.457. The number of nitrogens with zero attached hydrogens (tertiary/aromatic N) is 1. The Morgan fingerprint density at radius 3 is 2.44 bits per heavy atom. The fraction of sp³-hybridized carbons (Fsp3) is 0.0952. The molecule has 0 unspecified atom stereocenters. The summed E-state index contributed by atoms with van der Waals surface area (Å²) in [5, 5.41) is -0.443. The Morgan fingerprint density at radius 2 is 1.78 bits per heavy atom. The minimum Gasteiger partial charge on any atom is -0.490 e. The molecule has 0 N–H and O–H groups in total. The highest BCUT2D eigenvalue weighted by atomic mass is 32.2. The molecule has 3 rings (SSSR count). The van der Waals surface area contributed by atoms with Gasteiger partial charge in [-0.2, -0.15) is 0 Å². The lowest BCUT2D eigenvalue weighted by Gasteiger charge is -2.11. The molecule has 5 nitrogen and oxygen atoms in total. The molecule has 0 atom stereocenters. The average Bonchev–Trinajstić information content (AvgIpc) is 2.95. The van der Waals surface area contributed by atoms with E-state index in [0.29, 0.717) is 22.8 Å². The standard InChI is InChI=1S/C21H17NO4S/c1-2-12-26-17-10-8-15(9-11-17)13-19-20(24)22(21(25)27-19)14-18(23)16-6-4-3-5-7-16/h2-11,13H,1,12,14H2. The molecule has 1 aliphatic heterocycles. The lowest BCUT2D eigenvalue weighted by Crippen LogP contribution is -2.33. The van der Waals surface area contributed by atoms with Crippen LogP contribution in [0.3, 0.4) is 0 Å². The highest BCUT2D eigenvalue weighted by molar-refractivity contribution is 8.18. The van der Waals surface area contributed by atoms with E-state index in [2.05, 4.69) is 6.58 Å². The quantitative estimate of drug-likeness (QED) is 0.410. The first-order valence-corrected chi connectivity index (χ1v) is 9.07. The summed E-state index contributed by atoms with van der Waals surface area (Å²) >= 11 is 0.834. The normalized spacial score (nSPS) is 15.3. The fourth-order valence-corrected chi connectivity index (χ4v) is 3.30. The molecule has 136 valence electrons. The van der Waals surface area contributed by atoms with Gasteiger partial charge < -0.3 is 4.74 Å². The van der Waals surface area contributed by atoms with Gasteiger partial charge in [0.2, 0.25) is 0 Å². The van der Waals surface area contributed by atoms with Crippen LogP contribution in [0.1, 0.15) is 15.9 Å². The highest BCUT2D eigenvalue weighted by Gasteiger charge is 2.36. The molecule has 0 aliphatic carbocycles. The van der Waals surface area contributed by atoms with Gasteiger partial charge in [0.1, 0.15) is 12.4 Å². The van der Waals surface area contributed by atoms with E-state index >= 15 is 0 Å². The van der Waals surface area contributed by atoms with Crippen molar-refractivity contribution in [1.29, 1.82) is 0 Å². The zero-order valence-corrected chi connectivity index (χ0v) is 15.3. The summed E-state index contributed by atoms with van der Waals surface area (Å²) in [6.45, 7) is 3.74. The van der Waals surface area contributed by atoms with Crippen LogP contribution in [0.4, 0.5) is 4.79 Å². The SMILES string of the molecule is C=CCOc1ccc(C=C2SC(=O)N(CC(=O)c3ccccc3)C2=O)cc1. The van der Waals surface area contributed by atoms with Crippen molar-refractivity contribution in [2.45, 2.75) is 0 Å². The number of thioether (sulfide) groups is 1. The van der Waals surface area contributed by atoms with Crippen LogP contribution in [0.25, 0.3) is 6.08 Å².